The second-order valence-corrected chi connectivity index (χ2v) is 9.63. The van der Waals surface area contributed by atoms with Gasteiger partial charge in [0.05, 0.1) is 26.2 Å². The van der Waals surface area contributed by atoms with Gasteiger partial charge in [0, 0.05) is 5.92 Å². The number of aliphatic carboxylic acids is 1. The van der Waals surface area contributed by atoms with Crippen LogP contribution in [0, 0.1) is 0 Å². The van der Waals surface area contributed by atoms with Crippen molar-refractivity contribution in [2.75, 3.05) is 13.7 Å². The maximum atomic E-state index is 13.2. The van der Waals surface area contributed by atoms with E-state index in [0.29, 0.717) is 0 Å². The number of alkyl carbamates (subject to hydrolysis) is 1. The van der Waals surface area contributed by atoms with Crippen LogP contribution in [0.1, 0.15) is 36.0 Å². The van der Waals surface area contributed by atoms with Gasteiger partial charge in [0.2, 0.25) is 5.91 Å². The molecule has 0 spiro atoms. The van der Waals surface area contributed by atoms with Crippen molar-refractivity contribution in [1.29, 1.82) is 0 Å². The Labute approximate surface area is 237 Å². The summed E-state index contributed by atoms with van der Waals surface area (Å²) in [6.45, 7) is 1.74. The maximum absolute atomic E-state index is 13.2. The van der Waals surface area contributed by atoms with Gasteiger partial charge in [-0.25, -0.2) is 9.59 Å². The average molecular weight is 561 g/mol. The molecule has 0 saturated carbocycles. The van der Waals surface area contributed by atoms with Crippen LogP contribution in [-0.4, -0.2) is 60.9 Å². The van der Waals surface area contributed by atoms with Gasteiger partial charge in [-0.15, -0.1) is 0 Å². The number of hydrogen-bond acceptors (Lipinski definition) is 7. The van der Waals surface area contributed by atoms with Crippen LogP contribution in [0.5, 0.6) is 0 Å². The molecule has 3 aromatic rings. The summed E-state index contributed by atoms with van der Waals surface area (Å²) in [4.78, 5) is 49.6. The van der Waals surface area contributed by atoms with E-state index in [9.17, 15) is 24.3 Å². The van der Waals surface area contributed by atoms with Gasteiger partial charge in [-0.2, -0.15) is 0 Å². The molecule has 214 valence electrons. The highest BCUT2D eigenvalue weighted by molar-refractivity contribution is 5.91. The summed E-state index contributed by atoms with van der Waals surface area (Å²) in [5, 5.41) is 14.3. The molecule has 2 amide bonds. The number of nitrogens with one attached hydrogen (secondary N) is 2. The molecule has 0 aliphatic heterocycles. The minimum atomic E-state index is -1.57. The molecule has 1 aliphatic carbocycles. The maximum Gasteiger partial charge on any atom is 0.407 e. The fourth-order valence-corrected chi connectivity index (χ4v) is 4.77. The summed E-state index contributed by atoms with van der Waals surface area (Å²) in [7, 11) is 1.12. The summed E-state index contributed by atoms with van der Waals surface area (Å²) in [5.74, 6) is -3.28. The van der Waals surface area contributed by atoms with E-state index in [2.05, 4.69) is 15.4 Å². The standard InChI is InChI=1S/C31H32N2O8/c1-19(40-17-20-10-4-3-5-11-20)28(29(35)32-26(30(36)37)16-27(34)39-2)33-31(38)41-18-25-23-14-8-6-12-21(23)22-13-7-9-15-24(22)25/h3-15,19,25-26,28H,16-18H2,1-2H3,(H,32,35)(H,33,38)(H,36,37)/t19-,26+,28+/m0/s1. The van der Waals surface area contributed by atoms with Gasteiger partial charge in [-0.05, 0) is 34.7 Å². The molecule has 0 fully saturated rings. The highest BCUT2D eigenvalue weighted by Gasteiger charge is 2.34. The number of amides is 2. The SMILES string of the molecule is COC(=O)C[C@@H](NC(=O)[C@H](NC(=O)OCC1c2ccccc2-c2ccccc21)[C@H](C)OCc1ccccc1)C(=O)O. The second-order valence-electron chi connectivity index (χ2n) is 9.63. The number of ether oxygens (including phenoxy) is 3. The lowest BCUT2D eigenvalue weighted by atomic mass is 9.98. The molecule has 10 heteroatoms. The van der Waals surface area contributed by atoms with Crippen molar-refractivity contribution in [3.63, 3.8) is 0 Å². The van der Waals surface area contributed by atoms with Crippen molar-refractivity contribution in [2.24, 2.45) is 0 Å². The molecule has 0 unspecified atom stereocenters. The van der Waals surface area contributed by atoms with E-state index in [1.807, 2.05) is 78.9 Å². The van der Waals surface area contributed by atoms with E-state index in [-0.39, 0.29) is 19.1 Å². The fraction of sp³-hybridized carbons (Fsp3) is 0.290. The second kappa shape index (κ2) is 13.6. The Morgan fingerprint density at radius 2 is 1.44 bits per heavy atom. The van der Waals surface area contributed by atoms with E-state index in [4.69, 9.17) is 9.47 Å². The largest absolute Gasteiger partial charge is 0.480 e. The third-order valence-electron chi connectivity index (χ3n) is 6.94. The Morgan fingerprint density at radius 3 is 2.02 bits per heavy atom. The number of rotatable bonds is 12. The van der Waals surface area contributed by atoms with Crippen LogP contribution < -0.4 is 10.6 Å². The van der Waals surface area contributed by atoms with Gasteiger partial charge in [0.25, 0.3) is 0 Å². The number of carboxylic acid groups (broad SMARTS) is 1. The van der Waals surface area contributed by atoms with Crippen molar-refractivity contribution >= 4 is 23.9 Å². The van der Waals surface area contributed by atoms with Gasteiger partial charge < -0.3 is 30.0 Å². The van der Waals surface area contributed by atoms with E-state index >= 15 is 0 Å². The van der Waals surface area contributed by atoms with Crippen LogP contribution in [-0.2, 0) is 35.2 Å². The van der Waals surface area contributed by atoms with Gasteiger partial charge in [-0.3, -0.25) is 9.59 Å². The number of esters is 1. The van der Waals surface area contributed by atoms with Crippen molar-refractivity contribution in [2.45, 2.75) is 44.1 Å². The Morgan fingerprint density at radius 1 is 0.854 bits per heavy atom. The first-order valence-corrected chi connectivity index (χ1v) is 13.2. The number of methoxy groups -OCH3 is 1. The van der Waals surface area contributed by atoms with Crippen LogP contribution in [0.3, 0.4) is 0 Å². The van der Waals surface area contributed by atoms with E-state index < -0.39 is 48.5 Å². The molecule has 3 atom stereocenters. The zero-order valence-electron chi connectivity index (χ0n) is 22.7. The highest BCUT2D eigenvalue weighted by Crippen LogP contribution is 2.44. The minimum Gasteiger partial charge on any atom is -0.480 e. The quantitative estimate of drug-likeness (QED) is 0.285. The molecule has 4 rings (SSSR count). The highest BCUT2D eigenvalue weighted by atomic mass is 16.6. The summed E-state index contributed by atoms with van der Waals surface area (Å²) in [6.07, 6.45) is -2.35. The van der Waals surface area contributed by atoms with Crippen LogP contribution in [0.4, 0.5) is 4.79 Å². The molecule has 10 nitrogen and oxygen atoms in total. The van der Waals surface area contributed by atoms with E-state index in [0.717, 1.165) is 34.9 Å². The number of carbonyl (C=O) groups is 4. The zero-order chi connectivity index (χ0) is 29.4. The number of fused-ring (bicyclic) bond motifs is 3. The summed E-state index contributed by atoms with van der Waals surface area (Å²) >= 11 is 0. The molecule has 0 saturated heterocycles. The van der Waals surface area contributed by atoms with Gasteiger partial charge in [0.1, 0.15) is 18.7 Å². The fourth-order valence-electron chi connectivity index (χ4n) is 4.77. The predicted molar refractivity (Wildman–Crippen MR) is 149 cm³/mol. The number of carbonyl (C=O) groups excluding carboxylic acids is 3. The van der Waals surface area contributed by atoms with Crippen molar-refractivity contribution in [1.82, 2.24) is 10.6 Å². The van der Waals surface area contributed by atoms with Crippen molar-refractivity contribution < 1.29 is 38.5 Å². The third-order valence-corrected chi connectivity index (χ3v) is 6.94. The van der Waals surface area contributed by atoms with E-state index in [1.165, 1.54) is 0 Å². The van der Waals surface area contributed by atoms with Gasteiger partial charge in [-0.1, -0.05) is 78.9 Å². The minimum absolute atomic E-state index is 0.0214. The molecule has 41 heavy (non-hydrogen) atoms. The van der Waals surface area contributed by atoms with Crippen LogP contribution >= 0.6 is 0 Å². The lowest BCUT2D eigenvalue weighted by Crippen LogP contribution is -2.56. The molecule has 3 N–H and O–H groups in total. The summed E-state index contributed by atoms with van der Waals surface area (Å²) in [5.41, 5.74) is 5.05. The lowest BCUT2D eigenvalue weighted by Gasteiger charge is -2.26. The summed E-state index contributed by atoms with van der Waals surface area (Å²) in [6, 6.07) is 22.1. The Bertz CT molecular complexity index is 1350. The molecule has 1 aliphatic rings. The van der Waals surface area contributed by atoms with Crippen LogP contribution in [0.2, 0.25) is 0 Å². The molecular weight excluding hydrogens is 528 g/mol. The number of hydrogen-bond donors (Lipinski definition) is 3. The predicted octanol–water partition coefficient (Wildman–Crippen LogP) is 3.63. The van der Waals surface area contributed by atoms with Crippen LogP contribution in [0.25, 0.3) is 11.1 Å². The Hall–Kier alpha value is -4.70. The topological polar surface area (TPSA) is 140 Å². The monoisotopic (exact) mass is 560 g/mol. The molecule has 3 aromatic carbocycles. The lowest BCUT2D eigenvalue weighted by molar-refractivity contribution is -0.149. The van der Waals surface area contributed by atoms with E-state index in [1.54, 1.807) is 6.92 Å². The van der Waals surface area contributed by atoms with Gasteiger partial charge >= 0.3 is 18.0 Å². The van der Waals surface area contributed by atoms with Crippen molar-refractivity contribution in [3.05, 3.63) is 95.6 Å². The third kappa shape index (κ3) is 7.29. The smallest absolute Gasteiger partial charge is 0.407 e. The molecule has 0 radical (unpaired) electrons. The number of carboxylic acids is 1. The first-order valence-electron chi connectivity index (χ1n) is 13.2. The van der Waals surface area contributed by atoms with Crippen molar-refractivity contribution in [3.8, 4) is 11.1 Å². The first-order chi connectivity index (χ1) is 19.8. The first kappa shape index (κ1) is 29.3. The van der Waals surface area contributed by atoms with Gasteiger partial charge in [0.15, 0.2) is 0 Å². The van der Waals surface area contributed by atoms with Crippen LogP contribution in [0.15, 0.2) is 78.9 Å². The normalized spacial score (nSPS) is 14.1. The summed E-state index contributed by atoms with van der Waals surface area (Å²) < 4.78 is 16.0. The molecule has 0 aromatic heterocycles. The average Bonchev–Trinajstić information content (AvgIpc) is 3.31. The molecule has 0 bridgehead atoms. The molecule has 0 heterocycles. The Kier molecular flexibility index (Phi) is 9.70. The zero-order valence-corrected chi connectivity index (χ0v) is 22.7. The Balaban J connectivity index is 1.46. The molecular formula is C31H32N2O8. The number of benzene rings is 3.